The van der Waals surface area contributed by atoms with E-state index in [0.29, 0.717) is 6.54 Å². The van der Waals surface area contributed by atoms with Gasteiger partial charge in [0.05, 0.1) is 23.0 Å². The van der Waals surface area contributed by atoms with Gasteiger partial charge in [0.2, 0.25) is 0 Å². The summed E-state index contributed by atoms with van der Waals surface area (Å²) in [4.78, 5) is 0. The second-order valence-electron chi connectivity index (χ2n) is 4.83. The van der Waals surface area contributed by atoms with Gasteiger partial charge in [0.25, 0.3) is 0 Å². The highest BCUT2D eigenvalue weighted by atomic mass is 19.4. The first kappa shape index (κ1) is 15.6. The Morgan fingerprint density at radius 3 is 2.52 bits per heavy atom. The van der Waals surface area contributed by atoms with Crippen LogP contribution in [0.1, 0.15) is 35.5 Å². The summed E-state index contributed by atoms with van der Waals surface area (Å²) in [5, 5.41) is 7.29. The number of rotatable bonds is 4. The zero-order chi connectivity index (χ0) is 15.6. The molecule has 0 saturated carbocycles. The first-order valence-corrected chi connectivity index (χ1v) is 6.76. The quantitative estimate of drug-likeness (QED) is 0.935. The van der Waals surface area contributed by atoms with Crippen LogP contribution >= 0.6 is 0 Å². The van der Waals surface area contributed by atoms with Crippen LogP contribution in [0.3, 0.4) is 0 Å². The standard InChI is InChI=1S/C15H18F3N3/c1-4-21-13(9-10(2)20-21)14(19-3)11-7-5-6-8-12(11)15(16,17)18/h5-9,14,19H,4H2,1-3H3. The smallest absolute Gasteiger partial charge is 0.308 e. The molecule has 1 aromatic heterocycles. The number of hydrogen-bond donors (Lipinski definition) is 1. The van der Waals surface area contributed by atoms with Gasteiger partial charge in [-0.2, -0.15) is 18.3 Å². The van der Waals surface area contributed by atoms with Gasteiger partial charge in [-0.3, -0.25) is 4.68 Å². The molecule has 2 rings (SSSR count). The zero-order valence-electron chi connectivity index (χ0n) is 12.2. The number of benzene rings is 1. The first-order chi connectivity index (χ1) is 9.88. The van der Waals surface area contributed by atoms with E-state index in [4.69, 9.17) is 0 Å². The third-order valence-corrected chi connectivity index (χ3v) is 3.39. The molecule has 1 unspecified atom stereocenters. The highest BCUT2D eigenvalue weighted by Gasteiger charge is 2.35. The maximum Gasteiger partial charge on any atom is 0.416 e. The van der Waals surface area contributed by atoms with Gasteiger partial charge in [-0.15, -0.1) is 0 Å². The third-order valence-electron chi connectivity index (χ3n) is 3.39. The van der Waals surface area contributed by atoms with Gasteiger partial charge in [0.15, 0.2) is 0 Å². The van der Waals surface area contributed by atoms with Gasteiger partial charge in [0, 0.05) is 6.54 Å². The van der Waals surface area contributed by atoms with Crippen molar-refractivity contribution in [3.05, 3.63) is 52.8 Å². The number of nitrogens with one attached hydrogen (secondary N) is 1. The Kier molecular flexibility index (Phi) is 4.37. The lowest BCUT2D eigenvalue weighted by Gasteiger charge is -2.22. The van der Waals surface area contributed by atoms with E-state index in [9.17, 15) is 13.2 Å². The summed E-state index contributed by atoms with van der Waals surface area (Å²) in [6.07, 6.45) is -4.38. The summed E-state index contributed by atoms with van der Waals surface area (Å²) in [6, 6.07) is 6.91. The lowest BCUT2D eigenvalue weighted by Crippen LogP contribution is -2.24. The molecule has 0 amide bonds. The van der Waals surface area contributed by atoms with Crippen LogP contribution in [-0.4, -0.2) is 16.8 Å². The molecule has 0 bridgehead atoms. The molecule has 0 fully saturated rings. The van der Waals surface area contributed by atoms with E-state index in [1.54, 1.807) is 17.8 Å². The fraction of sp³-hybridized carbons (Fsp3) is 0.400. The Bertz CT molecular complexity index is 617. The molecule has 1 aromatic carbocycles. The highest BCUT2D eigenvalue weighted by Crippen LogP contribution is 2.36. The van der Waals surface area contributed by atoms with Crippen molar-refractivity contribution in [3.8, 4) is 0 Å². The van der Waals surface area contributed by atoms with Gasteiger partial charge in [-0.1, -0.05) is 18.2 Å². The molecule has 0 saturated heterocycles. The van der Waals surface area contributed by atoms with Crippen molar-refractivity contribution < 1.29 is 13.2 Å². The van der Waals surface area contributed by atoms with Crippen molar-refractivity contribution in [3.63, 3.8) is 0 Å². The molecule has 6 heteroatoms. The number of nitrogens with zero attached hydrogens (tertiary/aromatic N) is 2. The Labute approximate surface area is 121 Å². The van der Waals surface area contributed by atoms with Gasteiger partial charge in [0.1, 0.15) is 0 Å². The van der Waals surface area contributed by atoms with E-state index in [0.717, 1.165) is 17.5 Å². The maximum atomic E-state index is 13.2. The van der Waals surface area contributed by atoms with Gasteiger partial charge in [-0.25, -0.2) is 0 Å². The maximum absolute atomic E-state index is 13.2. The third kappa shape index (κ3) is 3.10. The van der Waals surface area contributed by atoms with Crippen molar-refractivity contribution in [2.75, 3.05) is 7.05 Å². The first-order valence-electron chi connectivity index (χ1n) is 6.76. The van der Waals surface area contributed by atoms with E-state index < -0.39 is 17.8 Å². The average Bonchev–Trinajstić information content (AvgIpc) is 2.80. The zero-order valence-corrected chi connectivity index (χ0v) is 12.2. The number of halogens is 3. The fourth-order valence-electron chi connectivity index (χ4n) is 2.52. The summed E-state index contributed by atoms with van der Waals surface area (Å²) in [7, 11) is 1.65. The van der Waals surface area contributed by atoms with Crippen LogP contribution in [0.15, 0.2) is 30.3 Å². The van der Waals surface area contributed by atoms with E-state index in [2.05, 4.69) is 10.4 Å². The molecule has 3 nitrogen and oxygen atoms in total. The molecule has 1 heterocycles. The lowest BCUT2D eigenvalue weighted by molar-refractivity contribution is -0.138. The lowest BCUT2D eigenvalue weighted by atomic mass is 9.97. The molecule has 2 aromatic rings. The average molecular weight is 297 g/mol. The Morgan fingerprint density at radius 1 is 1.29 bits per heavy atom. The minimum absolute atomic E-state index is 0.210. The van der Waals surface area contributed by atoms with Gasteiger partial charge < -0.3 is 5.32 Å². The predicted octanol–water partition coefficient (Wildman–Crippen LogP) is 3.54. The SMILES string of the molecule is CCn1nc(C)cc1C(NC)c1ccccc1C(F)(F)F. The summed E-state index contributed by atoms with van der Waals surface area (Å²) < 4.78 is 41.3. The van der Waals surface area contributed by atoms with Crippen molar-refractivity contribution in [2.45, 2.75) is 32.6 Å². The van der Waals surface area contributed by atoms with Crippen LogP contribution in [-0.2, 0) is 12.7 Å². The number of aromatic nitrogens is 2. The summed E-state index contributed by atoms with van der Waals surface area (Å²) in [5.74, 6) is 0. The largest absolute Gasteiger partial charge is 0.416 e. The minimum Gasteiger partial charge on any atom is -0.308 e. The van der Waals surface area contributed by atoms with Crippen molar-refractivity contribution in [1.82, 2.24) is 15.1 Å². The molecule has 0 aliphatic heterocycles. The van der Waals surface area contributed by atoms with Crippen LogP contribution in [0.25, 0.3) is 0 Å². The van der Waals surface area contributed by atoms with Gasteiger partial charge in [-0.05, 0) is 38.6 Å². The van der Waals surface area contributed by atoms with Crippen LogP contribution in [0, 0.1) is 6.92 Å². The van der Waals surface area contributed by atoms with Crippen LogP contribution in [0.4, 0.5) is 13.2 Å². The van der Waals surface area contributed by atoms with Crippen molar-refractivity contribution in [1.29, 1.82) is 0 Å². The number of aryl methyl sites for hydroxylation is 2. The van der Waals surface area contributed by atoms with E-state index in [-0.39, 0.29) is 5.56 Å². The topological polar surface area (TPSA) is 29.9 Å². The van der Waals surface area contributed by atoms with Crippen molar-refractivity contribution >= 4 is 0 Å². The van der Waals surface area contributed by atoms with Gasteiger partial charge >= 0.3 is 6.18 Å². The summed E-state index contributed by atoms with van der Waals surface area (Å²) in [5.41, 5.74) is 1.11. The predicted molar refractivity (Wildman–Crippen MR) is 75.0 cm³/mol. The second kappa shape index (κ2) is 5.89. The monoisotopic (exact) mass is 297 g/mol. The normalized spacial score (nSPS) is 13.4. The highest BCUT2D eigenvalue weighted by molar-refractivity contribution is 5.37. The molecule has 114 valence electrons. The molecule has 0 aliphatic carbocycles. The Balaban J connectivity index is 2.57. The van der Waals surface area contributed by atoms with E-state index >= 15 is 0 Å². The molecule has 0 radical (unpaired) electrons. The molecule has 21 heavy (non-hydrogen) atoms. The van der Waals surface area contributed by atoms with Crippen LogP contribution < -0.4 is 5.32 Å². The molecular formula is C15H18F3N3. The summed E-state index contributed by atoms with van der Waals surface area (Å²) >= 11 is 0. The molecule has 0 spiro atoms. The van der Waals surface area contributed by atoms with Crippen LogP contribution in [0.5, 0.6) is 0 Å². The van der Waals surface area contributed by atoms with E-state index in [1.165, 1.54) is 12.1 Å². The minimum atomic E-state index is -4.38. The summed E-state index contributed by atoms with van der Waals surface area (Å²) in [6.45, 7) is 4.35. The van der Waals surface area contributed by atoms with Crippen LogP contribution in [0.2, 0.25) is 0 Å². The molecule has 1 atom stereocenters. The molecular weight excluding hydrogens is 279 g/mol. The fourth-order valence-corrected chi connectivity index (χ4v) is 2.52. The van der Waals surface area contributed by atoms with E-state index in [1.807, 2.05) is 19.9 Å². The Morgan fingerprint density at radius 2 is 1.95 bits per heavy atom. The number of alkyl halides is 3. The molecule has 1 N–H and O–H groups in total. The van der Waals surface area contributed by atoms with Crippen molar-refractivity contribution in [2.24, 2.45) is 0 Å². The Hall–Kier alpha value is -1.82. The number of hydrogen-bond acceptors (Lipinski definition) is 2. The molecule has 0 aliphatic rings. The second-order valence-corrected chi connectivity index (χ2v) is 4.83.